The van der Waals surface area contributed by atoms with E-state index >= 15 is 4.39 Å². The van der Waals surface area contributed by atoms with E-state index in [-0.39, 0.29) is 47.1 Å². The molecule has 0 aromatic carbocycles. The third-order valence-electron chi connectivity index (χ3n) is 9.46. The van der Waals surface area contributed by atoms with Crippen LogP contribution in [0.25, 0.3) is 11.1 Å². The molecular weight excluding hydrogens is 597 g/mol. The first-order valence-corrected chi connectivity index (χ1v) is 18.1. The number of H-pyrrole nitrogens is 1. The Bertz CT molecular complexity index is 1570. The standard InChI is InChI=1S/C32H44FN7O4S/c1-20-27(21(2)39-38-20)24-14-15-26(35-30(24)33)36-32(42)29(28(22-10-6-4-7-11-22)23-12-8-5-9-13-23)37-31(41)25-16-17-34-40(25)18-19-45(3,43)44/h14-17,22-23,28-29H,4-13,18-19H2,1-3H3,(H,37,41)(H,38,39)(H,35,36,42)/t29-/m0/s1. The molecule has 11 nitrogen and oxygen atoms in total. The summed E-state index contributed by atoms with van der Waals surface area (Å²) in [5, 5.41) is 17.0. The monoisotopic (exact) mass is 641 g/mol. The summed E-state index contributed by atoms with van der Waals surface area (Å²) in [5.74, 6) is -1.38. The van der Waals surface area contributed by atoms with Gasteiger partial charge in [0, 0.05) is 29.3 Å². The second-order valence-electron chi connectivity index (χ2n) is 12.7. The number of hydrogen-bond acceptors (Lipinski definition) is 7. The summed E-state index contributed by atoms with van der Waals surface area (Å²) >= 11 is 0. The van der Waals surface area contributed by atoms with E-state index in [2.05, 4.69) is 30.9 Å². The Labute approximate surface area is 264 Å². The van der Waals surface area contributed by atoms with Crippen LogP contribution in [0, 0.1) is 37.5 Å². The first-order chi connectivity index (χ1) is 21.5. The van der Waals surface area contributed by atoms with Crippen LogP contribution in [-0.4, -0.2) is 63.2 Å². The minimum Gasteiger partial charge on any atom is -0.339 e. The quantitative estimate of drug-likeness (QED) is 0.250. The van der Waals surface area contributed by atoms with Gasteiger partial charge in [-0.2, -0.15) is 14.6 Å². The summed E-state index contributed by atoms with van der Waals surface area (Å²) in [5.41, 5.74) is 2.45. The highest BCUT2D eigenvalue weighted by Crippen LogP contribution is 2.42. The zero-order valence-electron chi connectivity index (χ0n) is 26.3. The number of rotatable bonds is 11. The minimum atomic E-state index is -3.28. The Morgan fingerprint density at radius 2 is 1.67 bits per heavy atom. The molecule has 2 amide bonds. The van der Waals surface area contributed by atoms with Crippen molar-refractivity contribution in [3.63, 3.8) is 0 Å². The molecule has 2 aliphatic rings. The lowest BCUT2D eigenvalue weighted by atomic mass is 9.66. The first-order valence-electron chi connectivity index (χ1n) is 16.0. The second kappa shape index (κ2) is 14.2. The van der Waals surface area contributed by atoms with Crippen LogP contribution in [0.1, 0.15) is 86.1 Å². The van der Waals surface area contributed by atoms with E-state index in [1.807, 2.05) is 6.92 Å². The average molecular weight is 642 g/mol. The van der Waals surface area contributed by atoms with E-state index in [0.29, 0.717) is 17.0 Å². The van der Waals surface area contributed by atoms with Crippen LogP contribution in [0.15, 0.2) is 24.4 Å². The molecule has 0 radical (unpaired) electrons. The molecule has 0 aliphatic heterocycles. The van der Waals surface area contributed by atoms with Gasteiger partial charge in [0.15, 0.2) is 0 Å². The Kier molecular flexibility index (Phi) is 10.4. The molecule has 244 valence electrons. The number of hydrogen-bond donors (Lipinski definition) is 3. The van der Waals surface area contributed by atoms with Crippen LogP contribution in [0.2, 0.25) is 0 Å². The van der Waals surface area contributed by atoms with Gasteiger partial charge in [0.05, 0.1) is 18.0 Å². The third kappa shape index (κ3) is 7.98. The van der Waals surface area contributed by atoms with Crippen molar-refractivity contribution in [3.05, 3.63) is 47.4 Å². The molecule has 3 aromatic rings. The van der Waals surface area contributed by atoms with Gasteiger partial charge in [0.1, 0.15) is 27.4 Å². The normalized spacial score (nSPS) is 17.4. The highest BCUT2D eigenvalue weighted by atomic mass is 32.2. The summed E-state index contributed by atoms with van der Waals surface area (Å²) in [6.07, 6.45) is 13.1. The van der Waals surface area contributed by atoms with Gasteiger partial charge in [-0.3, -0.25) is 19.4 Å². The number of aryl methyl sites for hydroxylation is 3. The number of aromatic amines is 1. The Hall–Kier alpha value is -3.61. The van der Waals surface area contributed by atoms with Gasteiger partial charge >= 0.3 is 0 Å². The van der Waals surface area contributed by atoms with Crippen molar-refractivity contribution >= 4 is 27.5 Å². The molecule has 0 saturated heterocycles. The van der Waals surface area contributed by atoms with E-state index in [1.165, 1.54) is 16.9 Å². The molecule has 13 heteroatoms. The average Bonchev–Trinajstić information content (AvgIpc) is 3.62. The van der Waals surface area contributed by atoms with Crippen molar-refractivity contribution in [2.24, 2.45) is 17.8 Å². The Balaban J connectivity index is 1.45. The van der Waals surface area contributed by atoms with Gasteiger partial charge in [-0.1, -0.05) is 64.2 Å². The predicted molar refractivity (Wildman–Crippen MR) is 170 cm³/mol. The smallest absolute Gasteiger partial charge is 0.270 e. The highest BCUT2D eigenvalue weighted by molar-refractivity contribution is 7.90. The van der Waals surface area contributed by atoms with Crippen molar-refractivity contribution in [3.8, 4) is 11.1 Å². The summed E-state index contributed by atoms with van der Waals surface area (Å²) in [4.78, 5) is 32.1. The number of nitrogens with zero attached hydrogens (tertiary/aromatic N) is 4. The maximum Gasteiger partial charge on any atom is 0.270 e. The Morgan fingerprint density at radius 3 is 2.22 bits per heavy atom. The van der Waals surface area contributed by atoms with E-state index in [9.17, 15) is 18.0 Å². The summed E-state index contributed by atoms with van der Waals surface area (Å²) in [6, 6.07) is 3.77. The lowest BCUT2D eigenvalue weighted by molar-refractivity contribution is -0.121. The third-order valence-corrected chi connectivity index (χ3v) is 10.4. The van der Waals surface area contributed by atoms with Crippen molar-refractivity contribution in [1.29, 1.82) is 0 Å². The maximum absolute atomic E-state index is 15.3. The van der Waals surface area contributed by atoms with E-state index < -0.39 is 33.6 Å². The molecule has 0 spiro atoms. The number of anilines is 1. The number of pyridine rings is 1. The summed E-state index contributed by atoms with van der Waals surface area (Å²) in [7, 11) is -3.28. The number of aromatic nitrogens is 5. The van der Waals surface area contributed by atoms with Crippen molar-refractivity contribution < 1.29 is 22.4 Å². The van der Waals surface area contributed by atoms with Gasteiger partial charge in [0.25, 0.3) is 5.91 Å². The molecule has 2 saturated carbocycles. The zero-order chi connectivity index (χ0) is 32.1. The molecule has 0 bridgehead atoms. The largest absolute Gasteiger partial charge is 0.339 e. The fraction of sp³-hybridized carbons (Fsp3) is 0.594. The number of carbonyl (C=O) groups is 2. The van der Waals surface area contributed by atoms with Crippen LogP contribution >= 0.6 is 0 Å². The fourth-order valence-electron chi connectivity index (χ4n) is 7.32. The minimum absolute atomic E-state index is 0.0191. The number of amides is 2. The lowest BCUT2D eigenvalue weighted by Gasteiger charge is -2.41. The molecule has 3 heterocycles. The van der Waals surface area contributed by atoms with Crippen LogP contribution in [0.3, 0.4) is 0 Å². The summed E-state index contributed by atoms with van der Waals surface area (Å²) < 4.78 is 40.3. The van der Waals surface area contributed by atoms with Crippen LogP contribution in [0.5, 0.6) is 0 Å². The lowest BCUT2D eigenvalue weighted by Crippen LogP contribution is -2.53. The molecule has 0 unspecified atom stereocenters. The number of sulfone groups is 1. The summed E-state index contributed by atoms with van der Waals surface area (Å²) in [6.45, 7) is 3.61. The first kappa shape index (κ1) is 32.8. The van der Waals surface area contributed by atoms with Gasteiger partial charge in [-0.05, 0) is 49.8 Å². The van der Waals surface area contributed by atoms with Crippen molar-refractivity contribution in [2.75, 3.05) is 17.3 Å². The fourth-order valence-corrected chi connectivity index (χ4v) is 7.82. The predicted octanol–water partition coefficient (Wildman–Crippen LogP) is 4.98. The van der Waals surface area contributed by atoms with E-state index in [1.54, 1.807) is 19.1 Å². The van der Waals surface area contributed by atoms with E-state index in [0.717, 1.165) is 70.5 Å². The van der Waals surface area contributed by atoms with Gasteiger partial charge in [-0.25, -0.2) is 13.4 Å². The highest BCUT2D eigenvalue weighted by Gasteiger charge is 2.41. The molecule has 3 N–H and O–H groups in total. The Morgan fingerprint density at radius 1 is 1.02 bits per heavy atom. The molecule has 5 rings (SSSR count). The number of nitrogens with one attached hydrogen (secondary N) is 3. The maximum atomic E-state index is 15.3. The molecule has 2 fully saturated rings. The SMILES string of the molecule is Cc1n[nH]c(C)c1-c1ccc(NC(=O)[C@@H](NC(=O)c2ccnn2CCS(C)(=O)=O)C(C2CCCCC2)C2CCCCC2)nc1F. The van der Waals surface area contributed by atoms with Gasteiger partial charge < -0.3 is 10.6 Å². The molecule has 3 aromatic heterocycles. The van der Waals surface area contributed by atoms with Crippen LogP contribution in [0.4, 0.5) is 10.2 Å². The topological polar surface area (TPSA) is 152 Å². The van der Waals surface area contributed by atoms with Crippen LogP contribution < -0.4 is 10.6 Å². The zero-order valence-corrected chi connectivity index (χ0v) is 27.1. The molecule has 45 heavy (non-hydrogen) atoms. The van der Waals surface area contributed by atoms with Crippen molar-refractivity contribution in [1.82, 2.24) is 30.3 Å². The van der Waals surface area contributed by atoms with Crippen LogP contribution in [-0.2, 0) is 21.2 Å². The van der Waals surface area contributed by atoms with Crippen molar-refractivity contribution in [2.45, 2.75) is 90.6 Å². The van der Waals surface area contributed by atoms with Gasteiger partial charge in [-0.15, -0.1) is 0 Å². The number of carbonyl (C=O) groups excluding carboxylic acids is 2. The second-order valence-corrected chi connectivity index (χ2v) is 15.0. The van der Waals surface area contributed by atoms with E-state index in [4.69, 9.17) is 0 Å². The molecular formula is C32H44FN7O4S. The molecule has 1 atom stereocenters. The molecule has 2 aliphatic carbocycles. The number of halogens is 1. The van der Waals surface area contributed by atoms with Gasteiger partial charge in [0.2, 0.25) is 11.9 Å².